The van der Waals surface area contributed by atoms with Crippen LogP contribution in [0.25, 0.3) is 0 Å². The first-order valence-electron chi connectivity index (χ1n) is 7.13. The van der Waals surface area contributed by atoms with Gasteiger partial charge in [-0.05, 0) is 18.2 Å². The lowest BCUT2D eigenvalue weighted by Crippen LogP contribution is -2.56. The molecular weight excluding hydrogens is 339 g/mol. The maximum Gasteiger partial charge on any atom is 0.438 e. The van der Waals surface area contributed by atoms with E-state index in [0.29, 0.717) is 0 Å². The molecule has 0 saturated heterocycles. The topological polar surface area (TPSA) is 86.0 Å². The summed E-state index contributed by atoms with van der Waals surface area (Å²) in [6.45, 7) is 0. The van der Waals surface area contributed by atoms with E-state index in [1.54, 1.807) is 0 Å². The molecule has 0 bridgehead atoms. The maximum atomic E-state index is 13.5. The van der Waals surface area contributed by atoms with Crippen LogP contribution in [0, 0.1) is 0 Å². The van der Waals surface area contributed by atoms with Crippen LogP contribution in [0.1, 0.15) is 22.3 Å². The average molecular weight is 351 g/mol. The predicted octanol–water partition coefficient (Wildman–Crippen LogP) is 2.29. The normalized spacial score (nSPS) is 20.5. The van der Waals surface area contributed by atoms with E-state index >= 15 is 0 Å². The number of para-hydroxylation sites is 1. The van der Waals surface area contributed by atoms with Crippen molar-refractivity contribution in [2.75, 3.05) is 0 Å². The minimum absolute atomic E-state index is 0.0373. The number of aromatic nitrogens is 1. The number of rotatable bonds is 2. The van der Waals surface area contributed by atoms with Crippen molar-refractivity contribution in [1.82, 2.24) is 9.99 Å². The summed E-state index contributed by atoms with van der Waals surface area (Å²) >= 11 is 0. The average Bonchev–Trinajstić information content (AvgIpc) is 2.94. The zero-order chi connectivity index (χ0) is 18.2. The number of phenols is 1. The number of carbonyl (C=O) groups is 1. The molecular formula is C16H12F3N3O3. The SMILES string of the molecule is O=C(c1ccccc1O)N1N=C(c2cccnc2)C[C@@]1(O)C(F)(F)F. The van der Waals surface area contributed by atoms with Crippen LogP contribution in [0.3, 0.4) is 0 Å². The Bertz CT molecular complexity index is 839. The van der Waals surface area contributed by atoms with Crippen LogP contribution in [0.15, 0.2) is 53.9 Å². The fourth-order valence-corrected chi connectivity index (χ4v) is 2.44. The van der Waals surface area contributed by atoms with Crippen molar-refractivity contribution in [3.63, 3.8) is 0 Å². The van der Waals surface area contributed by atoms with Crippen LogP contribution in [-0.2, 0) is 0 Å². The molecule has 1 aliphatic heterocycles. The van der Waals surface area contributed by atoms with Gasteiger partial charge < -0.3 is 10.2 Å². The number of aliphatic hydroxyl groups is 1. The lowest BCUT2D eigenvalue weighted by Gasteiger charge is -2.32. The number of nitrogens with zero attached hydrogens (tertiary/aromatic N) is 3. The number of benzene rings is 1. The van der Waals surface area contributed by atoms with Gasteiger partial charge in [-0.25, -0.2) is 0 Å². The molecule has 9 heteroatoms. The van der Waals surface area contributed by atoms with Gasteiger partial charge >= 0.3 is 6.18 Å². The zero-order valence-corrected chi connectivity index (χ0v) is 12.6. The number of halogens is 3. The highest BCUT2D eigenvalue weighted by atomic mass is 19.4. The molecule has 2 N–H and O–H groups in total. The van der Waals surface area contributed by atoms with Crippen molar-refractivity contribution in [3.8, 4) is 5.75 Å². The number of carbonyl (C=O) groups excluding carboxylic acids is 1. The third-order valence-corrected chi connectivity index (χ3v) is 3.76. The van der Waals surface area contributed by atoms with Crippen molar-refractivity contribution in [2.45, 2.75) is 18.3 Å². The van der Waals surface area contributed by atoms with Gasteiger partial charge in [-0.15, -0.1) is 0 Å². The highest BCUT2D eigenvalue weighted by molar-refractivity contribution is 6.05. The van der Waals surface area contributed by atoms with Gasteiger partial charge in [0, 0.05) is 18.0 Å². The number of hydrogen-bond donors (Lipinski definition) is 2. The molecule has 0 saturated carbocycles. The molecule has 25 heavy (non-hydrogen) atoms. The van der Waals surface area contributed by atoms with E-state index in [4.69, 9.17) is 0 Å². The Morgan fingerprint density at radius 3 is 2.52 bits per heavy atom. The van der Waals surface area contributed by atoms with E-state index in [1.807, 2.05) is 0 Å². The summed E-state index contributed by atoms with van der Waals surface area (Å²) in [7, 11) is 0. The van der Waals surface area contributed by atoms with Gasteiger partial charge in [0.1, 0.15) is 5.75 Å². The predicted molar refractivity (Wildman–Crippen MR) is 80.7 cm³/mol. The number of phenolic OH excluding ortho intramolecular Hbond substituents is 1. The molecule has 0 aliphatic carbocycles. The molecule has 0 unspecified atom stereocenters. The molecule has 0 radical (unpaired) electrons. The first-order chi connectivity index (χ1) is 11.7. The van der Waals surface area contributed by atoms with Gasteiger partial charge in [0.25, 0.3) is 11.6 Å². The first-order valence-corrected chi connectivity index (χ1v) is 7.13. The summed E-state index contributed by atoms with van der Waals surface area (Å²) in [5.41, 5.74) is -3.81. The van der Waals surface area contributed by atoms with E-state index in [0.717, 1.165) is 12.1 Å². The second-order valence-electron chi connectivity index (χ2n) is 5.41. The number of alkyl halides is 3. The maximum absolute atomic E-state index is 13.5. The molecule has 0 spiro atoms. The zero-order valence-electron chi connectivity index (χ0n) is 12.6. The standard InChI is InChI=1S/C16H12F3N3O3/c17-16(18,19)15(25)8-12(10-4-3-7-20-9-10)21-22(15)14(24)11-5-1-2-6-13(11)23/h1-7,9,23,25H,8H2/t15-/m1/s1. The van der Waals surface area contributed by atoms with Crippen LogP contribution in [-0.4, -0.2) is 43.7 Å². The van der Waals surface area contributed by atoms with Gasteiger partial charge in [0.05, 0.1) is 17.7 Å². The minimum atomic E-state index is -5.15. The molecule has 2 heterocycles. The molecule has 2 aromatic rings. The van der Waals surface area contributed by atoms with Gasteiger partial charge in [0.2, 0.25) is 0 Å². The number of pyridine rings is 1. The van der Waals surface area contributed by atoms with Crippen LogP contribution in [0.2, 0.25) is 0 Å². The largest absolute Gasteiger partial charge is 0.507 e. The summed E-state index contributed by atoms with van der Waals surface area (Å²) in [5, 5.41) is 23.6. The first kappa shape index (κ1) is 16.9. The smallest absolute Gasteiger partial charge is 0.438 e. The van der Waals surface area contributed by atoms with Gasteiger partial charge in [-0.2, -0.15) is 23.3 Å². The number of amides is 1. The Kier molecular flexibility index (Phi) is 3.96. The van der Waals surface area contributed by atoms with Crippen molar-refractivity contribution < 1.29 is 28.2 Å². The van der Waals surface area contributed by atoms with E-state index in [2.05, 4.69) is 10.1 Å². The second kappa shape index (κ2) is 5.85. The van der Waals surface area contributed by atoms with Crippen molar-refractivity contribution in [3.05, 3.63) is 59.9 Å². The molecule has 6 nitrogen and oxygen atoms in total. The Morgan fingerprint density at radius 2 is 1.92 bits per heavy atom. The van der Waals surface area contributed by atoms with E-state index < -0.39 is 35.5 Å². The van der Waals surface area contributed by atoms with Crippen molar-refractivity contribution >= 4 is 11.6 Å². The highest BCUT2D eigenvalue weighted by Gasteiger charge is 2.63. The monoisotopic (exact) mass is 351 g/mol. The van der Waals surface area contributed by atoms with Crippen LogP contribution in [0.4, 0.5) is 13.2 Å². The Morgan fingerprint density at radius 1 is 1.20 bits per heavy atom. The summed E-state index contributed by atoms with van der Waals surface area (Å²) in [4.78, 5) is 16.3. The summed E-state index contributed by atoms with van der Waals surface area (Å²) in [5.74, 6) is -1.78. The van der Waals surface area contributed by atoms with Gasteiger partial charge in [-0.3, -0.25) is 9.78 Å². The van der Waals surface area contributed by atoms with Crippen LogP contribution >= 0.6 is 0 Å². The molecule has 3 rings (SSSR count). The lowest BCUT2D eigenvalue weighted by atomic mass is 10.0. The van der Waals surface area contributed by atoms with E-state index in [1.165, 1.54) is 36.7 Å². The number of hydrogen-bond acceptors (Lipinski definition) is 5. The van der Waals surface area contributed by atoms with Crippen LogP contribution in [0.5, 0.6) is 5.75 Å². The molecule has 1 atom stereocenters. The van der Waals surface area contributed by atoms with Crippen molar-refractivity contribution in [1.29, 1.82) is 0 Å². The molecule has 0 fully saturated rings. The fourth-order valence-electron chi connectivity index (χ4n) is 2.44. The quantitative estimate of drug-likeness (QED) is 0.869. The minimum Gasteiger partial charge on any atom is -0.507 e. The Labute approximate surface area is 139 Å². The second-order valence-corrected chi connectivity index (χ2v) is 5.41. The molecule has 130 valence electrons. The summed E-state index contributed by atoms with van der Waals surface area (Å²) < 4.78 is 40.4. The highest BCUT2D eigenvalue weighted by Crippen LogP contribution is 2.42. The van der Waals surface area contributed by atoms with Crippen molar-refractivity contribution in [2.24, 2.45) is 5.10 Å². The number of aromatic hydroxyl groups is 1. The van der Waals surface area contributed by atoms with Crippen LogP contribution < -0.4 is 0 Å². The third-order valence-electron chi connectivity index (χ3n) is 3.76. The Hall–Kier alpha value is -2.94. The third kappa shape index (κ3) is 2.82. The van der Waals surface area contributed by atoms with E-state index in [9.17, 15) is 28.2 Å². The molecule has 1 aromatic carbocycles. The van der Waals surface area contributed by atoms with Gasteiger partial charge in [-0.1, -0.05) is 18.2 Å². The van der Waals surface area contributed by atoms with Gasteiger partial charge in [0.15, 0.2) is 0 Å². The summed E-state index contributed by atoms with van der Waals surface area (Å²) in [6, 6.07) is 8.06. The Balaban J connectivity index is 2.08. The number of hydrazone groups is 1. The lowest BCUT2D eigenvalue weighted by molar-refractivity contribution is -0.297. The summed E-state index contributed by atoms with van der Waals surface area (Å²) in [6.07, 6.45) is -3.38. The molecule has 1 aromatic heterocycles. The molecule has 1 amide bonds. The van der Waals surface area contributed by atoms with E-state index in [-0.39, 0.29) is 16.3 Å². The fraction of sp³-hybridized carbons (Fsp3) is 0.188. The molecule has 1 aliphatic rings.